The first-order valence-electron chi connectivity index (χ1n) is 7.23. The van der Waals surface area contributed by atoms with Crippen molar-refractivity contribution in [3.8, 4) is 5.69 Å². The smallest absolute Gasteiger partial charge is 0.339 e. The van der Waals surface area contributed by atoms with Gasteiger partial charge in [-0.1, -0.05) is 37.1 Å². The van der Waals surface area contributed by atoms with Crippen LogP contribution in [0.5, 0.6) is 0 Å². The van der Waals surface area contributed by atoms with E-state index in [1.165, 1.54) is 0 Å². The van der Waals surface area contributed by atoms with E-state index in [4.69, 9.17) is 11.6 Å². The topological polar surface area (TPSA) is 55.1 Å². The van der Waals surface area contributed by atoms with Gasteiger partial charge in [-0.15, -0.1) is 0 Å². The molecule has 0 aliphatic heterocycles. The van der Waals surface area contributed by atoms with Crippen LogP contribution in [0, 0.1) is 0 Å². The highest BCUT2D eigenvalue weighted by molar-refractivity contribution is 6.32. The van der Waals surface area contributed by atoms with Gasteiger partial charge < -0.3 is 5.11 Å². The highest BCUT2D eigenvalue weighted by atomic mass is 35.5. The first-order chi connectivity index (χ1) is 10.1. The van der Waals surface area contributed by atoms with Crippen molar-refractivity contribution in [2.75, 3.05) is 0 Å². The Morgan fingerprint density at radius 3 is 2.71 bits per heavy atom. The highest BCUT2D eigenvalue weighted by Gasteiger charge is 2.34. The Balaban J connectivity index is 2.22. The molecule has 1 fully saturated rings. The Kier molecular flexibility index (Phi) is 3.72. The van der Waals surface area contributed by atoms with Crippen molar-refractivity contribution in [1.82, 2.24) is 9.78 Å². The first-order valence-corrected chi connectivity index (χ1v) is 7.61. The van der Waals surface area contributed by atoms with Gasteiger partial charge in [0.05, 0.1) is 22.1 Å². The molecule has 110 valence electrons. The molecule has 0 saturated heterocycles. The van der Waals surface area contributed by atoms with Gasteiger partial charge in [0, 0.05) is 5.92 Å². The lowest BCUT2D eigenvalue weighted by atomic mass is 10.1. The summed E-state index contributed by atoms with van der Waals surface area (Å²) in [5, 5.41) is 14.8. The summed E-state index contributed by atoms with van der Waals surface area (Å²) in [6.07, 6.45) is 3.57. The Morgan fingerprint density at radius 2 is 2.14 bits per heavy atom. The van der Waals surface area contributed by atoms with Crippen LogP contribution in [0.2, 0.25) is 5.02 Å². The maximum absolute atomic E-state index is 11.7. The largest absolute Gasteiger partial charge is 0.478 e. The number of aromatic nitrogens is 2. The first kappa shape index (κ1) is 14.1. The number of carboxylic acid groups (broad SMARTS) is 1. The third-order valence-corrected chi connectivity index (χ3v) is 4.07. The number of carboxylic acids is 1. The maximum atomic E-state index is 11.7. The van der Waals surface area contributed by atoms with Crippen molar-refractivity contribution in [2.45, 2.75) is 38.5 Å². The number of nitrogens with zero attached hydrogens (tertiary/aromatic N) is 2. The van der Waals surface area contributed by atoms with Gasteiger partial charge in [-0.05, 0) is 31.4 Å². The molecule has 4 nitrogen and oxygen atoms in total. The predicted octanol–water partition coefficient (Wildman–Crippen LogP) is 4.05. The fourth-order valence-electron chi connectivity index (χ4n) is 2.64. The molecule has 1 heterocycles. The van der Waals surface area contributed by atoms with Crippen molar-refractivity contribution < 1.29 is 9.90 Å². The highest BCUT2D eigenvalue weighted by Crippen LogP contribution is 2.42. The maximum Gasteiger partial charge on any atom is 0.339 e. The summed E-state index contributed by atoms with van der Waals surface area (Å²) in [7, 11) is 0. The van der Waals surface area contributed by atoms with Crippen LogP contribution in [-0.4, -0.2) is 20.9 Å². The molecule has 0 bridgehead atoms. The quantitative estimate of drug-likeness (QED) is 0.906. The standard InChI is InChI=1S/C16H17ClN2O2/c1-2-5-13-14(16(20)21)15(10-8-9-10)18-19(13)12-7-4-3-6-11(12)17/h3-4,6-7,10H,2,5,8-9H2,1H3,(H,20,21). The van der Waals surface area contributed by atoms with Crippen molar-refractivity contribution >= 4 is 17.6 Å². The minimum absolute atomic E-state index is 0.287. The van der Waals surface area contributed by atoms with Crippen LogP contribution in [-0.2, 0) is 6.42 Å². The number of aromatic carboxylic acids is 1. The van der Waals surface area contributed by atoms with E-state index in [0.717, 1.165) is 30.6 Å². The van der Waals surface area contributed by atoms with Crippen molar-refractivity contribution in [3.63, 3.8) is 0 Å². The summed E-state index contributed by atoms with van der Waals surface area (Å²) in [4.78, 5) is 11.7. The van der Waals surface area contributed by atoms with Crippen molar-refractivity contribution in [1.29, 1.82) is 0 Å². The minimum Gasteiger partial charge on any atom is -0.478 e. The number of hydrogen-bond donors (Lipinski definition) is 1. The molecule has 0 atom stereocenters. The molecule has 21 heavy (non-hydrogen) atoms. The molecule has 1 saturated carbocycles. The van der Waals surface area contributed by atoms with Gasteiger partial charge in [0.15, 0.2) is 0 Å². The number of benzene rings is 1. The van der Waals surface area contributed by atoms with Crippen LogP contribution >= 0.6 is 11.6 Å². The van der Waals surface area contributed by atoms with E-state index in [2.05, 4.69) is 5.10 Å². The van der Waals surface area contributed by atoms with E-state index in [-0.39, 0.29) is 5.92 Å². The van der Waals surface area contributed by atoms with Crippen molar-refractivity contribution in [2.24, 2.45) is 0 Å². The van der Waals surface area contributed by atoms with Crippen LogP contribution in [0.3, 0.4) is 0 Å². The summed E-state index contributed by atoms with van der Waals surface area (Å²) in [5.41, 5.74) is 2.59. The van der Waals surface area contributed by atoms with Gasteiger partial charge in [-0.25, -0.2) is 9.48 Å². The number of rotatable bonds is 5. The second kappa shape index (κ2) is 5.53. The number of hydrogen-bond acceptors (Lipinski definition) is 2. The van der Waals surface area contributed by atoms with E-state index in [9.17, 15) is 9.90 Å². The van der Waals surface area contributed by atoms with Gasteiger partial charge in [-0.3, -0.25) is 0 Å². The zero-order chi connectivity index (χ0) is 15.0. The lowest BCUT2D eigenvalue weighted by molar-refractivity contribution is 0.0694. The Hall–Kier alpha value is -1.81. The SMILES string of the molecule is CCCc1c(C(=O)O)c(C2CC2)nn1-c1ccccc1Cl. The molecule has 1 aliphatic rings. The molecule has 0 unspecified atom stereocenters. The van der Waals surface area contributed by atoms with E-state index < -0.39 is 5.97 Å². The average molecular weight is 305 g/mol. The third kappa shape index (κ3) is 2.56. The Labute approximate surface area is 128 Å². The average Bonchev–Trinajstić information content (AvgIpc) is 3.22. The van der Waals surface area contributed by atoms with Crippen LogP contribution in [0.15, 0.2) is 24.3 Å². The van der Waals surface area contributed by atoms with Gasteiger partial charge in [-0.2, -0.15) is 5.10 Å². The zero-order valence-electron chi connectivity index (χ0n) is 11.8. The molecule has 0 radical (unpaired) electrons. The molecule has 1 N–H and O–H groups in total. The summed E-state index contributed by atoms with van der Waals surface area (Å²) < 4.78 is 1.73. The fraction of sp³-hybridized carbons (Fsp3) is 0.375. The van der Waals surface area contributed by atoms with Crippen LogP contribution < -0.4 is 0 Å². The van der Waals surface area contributed by atoms with Gasteiger partial charge in [0.25, 0.3) is 0 Å². The second-order valence-electron chi connectivity index (χ2n) is 5.40. The summed E-state index contributed by atoms with van der Waals surface area (Å²) in [6.45, 7) is 2.03. The normalized spacial score (nSPS) is 14.4. The molecule has 2 aromatic rings. The van der Waals surface area contributed by atoms with Crippen LogP contribution in [0.25, 0.3) is 5.69 Å². The number of carbonyl (C=O) groups is 1. The fourth-order valence-corrected chi connectivity index (χ4v) is 2.85. The molecule has 0 spiro atoms. The Bertz CT molecular complexity index is 690. The van der Waals surface area contributed by atoms with E-state index in [0.29, 0.717) is 22.7 Å². The van der Waals surface area contributed by atoms with Gasteiger partial charge >= 0.3 is 5.97 Å². The molecule has 1 aromatic carbocycles. The van der Waals surface area contributed by atoms with Crippen molar-refractivity contribution in [3.05, 3.63) is 46.2 Å². The van der Waals surface area contributed by atoms with E-state index in [1.54, 1.807) is 10.7 Å². The summed E-state index contributed by atoms with van der Waals surface area (Å²) >= 11 is 6.26. The Morgan fingerprint density at radius 1 is 1.43 bits per heavy atom. The molecular formula is C16H17ClN2O2. The summed E-state index contributed by atoms with van der Waals surface area (Å²) in [5.74, 6) is -0.603. The van der Waals surface area contributed by atoms with E-state index >= 15 is 0 Å². The molecule has 1 aromatic heterocycles. The number of para-hydroxylation sites is 1. The second-order valence-corrected chi connectivity index (χ2v) is 5.81. The zero-order valence-corrected chi connectivity index (χ0v) is 12.6. The van der Waals surface area contributed by atoms with Crippen LogP contribution in [0.1, 0.15) is 53.8 Å². The molecule has 5 heteroatoms. The number of halogens is 1. The predicted molar refractivity (Wildman–Crippen MR) is 81.5 cm³/mol. The summed E-state index contributed by atoms with van der Waals surface area (Å²) in [6, 6.07) is 7.41. The van der Waals surface area contributed by atoms with Gasteiger partial charge in [0.2, 0.25) is 0 Å². The molecule has 1 aliphatic carbocycles. The molecule has 0 amide bonds. The van der Waals surface area contributed by atoms with Crippen LogP contribution in [0.4, 0.5) is 0 Å². The minimum atomic E-state index is -0.890. The lowest BCUT2D eigenvalue weighted by Gasteiger charge is -2.09. The lowest BCUT2D eigenvalue weighted by Crippen LogP contribution is -2.07. The molecular weight excluding hydrogens is 288 g/mol. The van der Waals surface area contributed by atoms with E-state index in [1.807, 2.05) is 25.1 Å². The third-order valence-electron chi connectivity index (χ3n) is 3.75. The molecule has 3 rings (SSSR count). The van der Waals surface area contributed by atoms with Gasteiger partial charge in [0.1, 0.15) is 5.56 Å². The monoisotopic (exact) mass is 304 g/mol.